The van der Waals surface area contributed by atoms with E-state index in [1.165, 1.54) is 4.46 Å². The monoisotopic (exact) mass is 254 g/mol. The van der Waals surface area contributed by atoms with Gasteiger partial charge in [-0.25, -0.2) is 0 Å². The molecule has 0 saturated heterocycles. The molecule has 0 aliphatic heterocycles. The van der Waals surface area contributed by atoms with E-state index in [-0.39, 0.29) is 0 Å². The maximum atomic E-state index is 11.6. The average Bonchev–Trinajstić information content (AvgIpc) is 2.51. The molecule has 0 heterocycles. The fourth-order valence-corrected chi connectivity index (χ4v) is 4.38. The van der Waals surface area contributed by atoms with Gasteiger partial charge in [-0.15, -0.1) is 0 Å². The van der Waals surface area contributed by atoms with E-state index in [1.807, 2.05) is 6.07 Å². The van der Waals surface area contributed by atoms with E-state index in [0.29, 0.717) is 31.5 Å². The maximum absolute atomic E-state index is 11.6. The Labute approximate surface area is 91.1 Å². The molecule has 2 rings (SSSR count). The molecule has 2 atom stereocenters. The predicted molar refractivity (Wildman–Crippen MR) is 59.0 cm³/mol. The number of carbonyl (C=O) groups excluding carboxylic acids is 1. The third-order valence-corrected chi connectivity index (χ3v) is 5.89. The molecule has 1 saturated carbocycles. The van der Waals surface area contributed by atoms with Crippen molar-refractivity contribution < 1.29 is 4.79 Å². The molecule has 0 spiro atoms. The van der Waals surface area contributed by atoms with Crippen LogP contribution in [0.25, 0.3) is 0 Å². The first kappa shape index (κ1) is 9.95. The molecule has 0 bridgehead atoms. The second-order valence-corrected chi connectivity index (χ2v) is 6.38. The van der Waals surface area contributed by atoms with Crippen molar-refractivity contribution in [1.82, 2.24) is 0 Å². The Balaban J connectivity index is 2.07. The molecular formula is C12H14OSe. The van der Waals surface area contributed by atoms with E-state index in [9.17, 15) is 4.79 Å². The average molecular weight is 253 g/mol. The van der Waals surface area contributed by atoms with Crippen LogP contribution in [0.1, 0.15) is 19.8 Å². The van der Waals surface area contributed by atoms with Gasteiger partial charge in [-0.3, -0.25) is 0 Å². The van der Waals surface area contributed by atoms with Gasteiger partial charge >= 0.3 is 90.8 Å². The van der Waals surface area contributed by atoms with E-state index in [2.05, 4.69) is 31.2 Å². The number of Topliss-reactive ketones (excluding diaryl/α,β-unsaturated/α-hetero) is 1. The Hall–Kier alpha value is -0.591. The van der Waals surface area contributed by atoms with Crippen LogP contribution in [0.3, 0.4) is 0 Å². The topological polar surface area (TPSA) is 17.1 Å². The van der Waals surface area contributed by atoms with Crippen LogP contribution >= 0.6 is 0 Å². The van der Waals surface area contributed by atoms with Gasteiger partial charge in [-0.2, -0.15) is 0 Å². The van der Waals surface area contributed by atoms with Crippen molar-refractivity contribution in [2.45, 2.75) is 24.6 Å². The molecule has 1 aromatic rings. The van der Waals surface area contributed by atoms with Gasteiger partial charge in [0.05, 0.1) is 0 Å². The van der Waals surface area contributed by atoms with Gasteiger partial charge in [0.1, 0.15) is 0 Å². The van der Waals surface area contributed by atoms with Crippen LogP contribution in [-0.4, -0.2) is 20.7 Å². The third kappa shape index (κ3) is 2.07. The number of benzene rings is 1. The Morgan fingerprint density at radius 2 is 2.00 bits per heavy atom. The Morgan fingerprint density at radius 3 is 2.57 bits per heavy atom. The summed E-state index contributed by atoms with van der Waals surface area (Å²) in [5.74, 6) is 1.09. The van der Waals surface area contributed by atoms with Crippen molar-refractivity contribution in [3.63, 3.8) is 0 Å². The zero-order valence-corrected chi connectivity index (χ0v) is 9.99. The van der Waals surface area contributed by atoms with Crippen molar-refractivity contribution in [2.24, 2.45) is 5.92 Å². The number of rotatable bonds is 2. The molecule has 0 aromatic heterocycles. The number of hydrogen-bond donors (Lipinski definition) is 0. The summed E-state index contributed by atoms with van der Waals surface area (Å²) in [6.07, 6.45) is 1.90. The molecule has 74 valence electrons. The summed E-state index contributed by atoms with van der Waals surface area (Å²) in [4.78, 5) is 11.9. The second-order valence-electron chi connectivity index (χ2n) is 3.83. The zero-order chi connectivity index (χ0) is 9.97. The van der Waals surface area contributed by atoms with Gasteiger partial charge < -0.3 is 0 Å². The molecule has 1 aliphatic rings. The van der Waals surface area contributed by atoms with Crippen molar-refractivity contribution in [2.75, 3.05) is 0 Å². The summed E-state index contributed by atoms with van der Waals surface area (Å²) in [5.41, 5.74) is 0. The van der Waals surface area contributed by atoms with Crippen LogP contribution < -0.4 is 4.46 Å². The summed E-state index contributed by atoms with van der Waals surface area (Å²) in [5, 5.41) is 0. The van der Waals surface area contributed by atoms with Gasteiger partial charge in [0.2, 0.25) is 0 Å². The molecule has 2 unspecified atom stereocenters. The first-order valence-corrected chi connectivity index (χ1v) is 6.86. The third-order valence-electron chi connectivity index (χ3n) is 2.69. The van der Waals surface area contributed by atoms with Crippen LogP contribution in [-0.2, 0) is 4.79 Å². The normalized spacial score (nSPS) is 26.8. The fourth-order valence-electron chi connectivity index (χ4n) is 1.81. The number of ketones is 1. The van der Waals surface area contributed by atoms with Crippen LogP contribution in [0, 0.1) is 5.92 Å². The van der Waals surface area contributed by atoms with E-state index in [4.69, 9.17) is 0 Å². The first-order chi connectivity index (χ1) is 6.77. The molecule has 1 fully saturated rings. The van der Waals surface area contributed by atoms with Crippen LogP contribution in [0.5, 0.6) is 0 Å². The van der Waals surface area contributed by atoms with Gasteiger partial charge in [-0.05, 0) is 0 Å². The Bertz CT molecular complexity index is 320. The van der Waals surface area contributed by atoms with E-state index in [0.717, 1.165) is 12.8 Å². The SMILES string of the molecule is CC1CCC(=O)C1[Se]c1ccccc1. The first-order valence-electron chi connectivity index (χ1n) is 5.02. The predicted octanol–water partition coefficient (Wildman–Crippen LogP) is 1.80. The number of carbonyl (C=O) groups is 1. The Kier molecular flexibility index (Phi) is 3.05. The molecule has 0 amide bonds. The standard InChI is InChI=1S/C12H14OSe/c1-9-7-8-11(13)12(9)14-10-5-3-2-4-6-10/h2-6,9,12H,7-8H2,1H3. The van der Waals surface area contributed by atoms with E-state index >= 15 is 0 Å². The summed E-state index contributed by atoms with van der Waals surface area (Å²) in [6, 6.07) is 10.4. The summed E-state index contributed by atoms with van der Waals surface area (Å²) in [7, 11) is 0. The van der Waals surface area contributed by atoms with Crippen molar-refractivity contribution in [3.05, 3.63) is 30.3 Å². The molecule has 14 heavy (non-hydrogen) atoms. The number of hydrogen-bond acceptors (Lipinski definition) is 1. The molecule has 1 aliphatic carbocycles. The van der Waals surface area contributed by atoms with Crippen molar-refractivity contribution in [1.29, 1.82) is 0 Å². The van der Waals surface area contributed by atoms with Gasteiger partial charge in [-0.1, -0.05) is 0 Å². The molecular weight excluding hydrogens is 239 g/mol. The quantitative estimate of drug-likeness (QED) is 0.734. The van der Waals surface area contributed by atoms with Gasteiger partial charge in [0.15, 0.2) is 0 Å². The summed E-state index contributed by atoms with van der Waals surface area (Å²) in [6.45, 7) is 2.21. The zero-order valence-electron chi connectivity index (χ0n) is 8.27. The molecule has 1 nitrogen and oxygen atoms in total. The van der Waals surface area contributed by atoms with Crippen LogP contribution in [0.4, 0.5) is 0 Å². The van der Waals surface area contributed by atoms with E-state index < -0.39 is 0 Å². The molecule has 2 heteroatoms. The summed E-state index contributed by atoms with van der Waals surface area (Å²) >= 11 is 0.342. The molecule has 0 radical (unpaired) electrons. The fraction of sp³-hybridized carbons (Fsp3) is 0.417. The van der Waals surface area contributed by atoms with Crippen LogP contribution in [0.15, 0.2) is 30.3 Å². The minimum atomic E-state index is 0.338. The van der Waals surface area contributed by atoms with Gasteiger partial charge in [0.25, 0.3) is 0 Å². The van der Waals surface area contributed by atoms with E-state index in [1.54, 1.807) is 0 Å². The van der Waals surface area contributed by atoms with Crippen molar-refractivity contribution >= 4 is 25.2 Å². The molecule has 1 aromatic carbocycles. The van der Waals surface area contributed by atoms with Gasteiger partial charge in [0, 0.05) is 0 Å². The molecule has 0 N–H and O–H groups in total. The second kappa shape index (κ2) is 4.29. The summed E-state index contributed by atoms with van der Waals surface area (Å²) < 4.78 is 1.35. The van der Waals surface area contributed by atoms with Crippen molar-refractivity contribution in [3.8, 4) is 0 Å². The van der Waals surface area contributed by atoms with Crippen LogP contribution in [0.2, 0.25) is 4.82 Å². The Morgan fingerprint density at radius 1 is 1.29 bits per heavy atom. The minimum absolute atomic E-state index is 0.338.